The number of nitriles is 1. The number of nitrogens with zero attached hydrogens (tertiary/aromatic N) is 4. The third-order valence-corrected chi connectivity index (χ3v) is 2.37. The topological polar surface area (TPSA) is 145 Å². The highest BCUT2D eigenvalue weighted by Gasteiger charge is 2.15. The molecular formula is C11H8N6O3. The molecule has 0 bridgehead atoms. The zero-order valence-corrected chi connectivity index (χ0v) is 9.99. The molecule has 2 aromatic rings. The molecule has 3 N–H and O–H groups in total. The van der Waals surface area contributed by atoms with Crippen LogP contribution in [0.5, 0.6) is 0 Å². The maximum Gasteiger partial charge on any atom is 0.337 e. The van der Waals surface area contributed by atoms with E-state index in [0.717, 1.165) is 0 Å². The van der Waals surface area contributed by atoms with Crippen molar-refractivity contribution in [2.24, 2.45) is 0 Å². The van der Waals surface area contributed by atoms with Crippen LogP contribution in [-0.2, 0) is 4.79 Å². The Kier molecular flexibility index (Phi) is 3.67. The lowest BCUT2D eigenvalue weighted by molar-refractivity contribution is -0.115. The van der Waals surface area contributed by atoms with Gasteiger partial charge in [0.15, 0.2) is 0 Å². The Balaban J connectivity index is 2.40. The van der Waals surface area contributed by atoms with E-state index in [9.17, 15) is 9.59 Å². The fourth-order valence-corrected chi connectivity index (χ4v) is 1.52. The van der Waals surface area contributed by atoms with E-state index < -0.39 is 11.9 Å². The molecule has 0 aliphatic rings. The van der Waals surface area contributed by atoms with E-state index in [1.54, 1.807) is 6.07 Å². The Morgan fingerprint density at radius 1 is 1.45 bits per heavy atom. The summed E-state index contributed by atoms with van der Waals surface area (Å²) in [5, 5.41) is 33.0. The largest absolute Gasteiger partial charge is 0.478 e. The molecule has 100 valence electrons. The van der Waals surface area contributed by atoms with Gasteiger partial charge in [0.1, 0.15) is 6.42 Å². The maximum atomic E-state index is 11.4. The molecule has 0 saturated heterocycles. The van der Waals surface area contributed by atoms with Crippen LogP contribution in [0.15, 0.2) is 18.2 Å². The third-order valence-electron chi connectivity index (χ3n) is 2.37. The number of rotatable bonds is 4. The number of aromatic nitrogens is 4. The standard InChI is InChI=1S/C11H8N6O3/c12-4-3-9(18)13-8-5-6(10-14-16-17-15-10)1-2-7(8)11(19)20/h1-2,5H,3H2,(H,13,18)(H,19,20)(H,14,15,16,17). The predicted octanol–water partition coefficient (Wildman–Crippen LogP) is 0.417. The number of carbonyl (C=O) groups excluding carboxylic acids is 1. The Labute approximate surface area is 112 Å². The molecule has 0 saturated carbocycles. The SMILES string of the molecule is N#CCC(=O)Nc1cc(-c2nn[nH]n2)ccc1C(=O)O. The monoisotopic (exact) mass is 272 g/mol. The summed E-state index contributed by atoms with van der Waals surface area (Å²) in [6, 6.07) is 5.90. The number of aromatic carboxylic acids is 1. The van der Waals surface area contributed by atoms with Gasteiger partial charge < -0.3 is 10.4 Å². The fraction of sp³-hybridized carbons (Fsp3) is 0.0909. The summed E-state index contributed by atoms with van der Waals surface area (Å²) in [6.45, 7) is 0. The van der Waals surface area contributed by atoms with Crippen molar-refractivity contribution >= 4 is 17.6 Å². The number of tetrazole rings is 1. The van der Waals surface area contributed by atoms with Crippen LogP contribution in [0.25, 0.3) is 11.4 Å². The molecule has 0 atom stereocenters. The maximum absolute atomic E-state index is 11.4. The van der Waals surface area contributed by atoms with E-state index in [4.69, 9.17) is 10.4 Å². The number of hydrogen-bond donors (Lipinski definition) is 3. The number of nitrogens with one attached hydrogen (secondary N) is 2. The number of carbonyl (C=O) groups is 2. The van der Waals surface area contributed by atoms with Gasteiger partial charge in [0, 0.05) is 5.56 Å². The van der Waals surface area contributed by atoms with Crippen molar-refractivity contribution in [3.05, 3.63) is 23.8 Å². The van der Waals surface area contributed by atoms with E-state index >= 15 is 0 Å². The Morgan fingerprint density at radius 2 is 2.25 bits per heavy atom. The van der Waals surface area contributed by atoms with Crippen LogP contribution in [0.1, 0.15) is 16.8 Å². The van der Waals surface area contributed by atoms with Crippen molar-refractivity contribution in [2.75, 3.05) is 5.32 Å². The number of amides is 1. The smallest absolute Gasteiger partial charge is 0.337 e. The van der Waals surface area contributed by atoms with Gasteiger partial charge in [-0.3, -0.25) is 4.79 Å². The minimum Gasteiger partial charge on any atom is -0.478 e. The Morgan fingerprint density at radius 3 is 2.85 bits per heavy atom. The molecule has 1 heterocycles. The van der Waals surface area contributed by atoms with Crippen LogP contribution >= 0.6 is 0 Å². The van der Waals surface area contributed by atoms with Crippen LogP contribution in [0.3, 0.4) is 0 Å². The van der Waals surface area contributed by atoms with Gasteiger partial charge in [0.25, 0.3) is 0 Å². The summed E-state index contributed by atoms with van der Waals surface area (Å²) < 4.78 is 0. The van der Waals surface area contributed by atoms with Gasteiger partial charge in [-0.05, 0) is 17.3 Å². The molecule has 0 radical (unpaired) electrons. The highest BCUT2D eigenvalue weighted by molar-refractivity contribution is 6.01. The molecule has 1 aromatic heterocycles. The molecule has 20 heavy (non-hydrogen) atoms. The summed E-state index contributed by atoms with van der Waals surface area (Å²) in [5.41, 5.74) is 0.458. The van der Waals surface area contributed by atoms with Gasteiger partial charge in [0.2, 0.25) is 11.7 Å². The zero-order chi connectivity index (χ0) is 14.5. The van der Waals surface area contributed by atoms with E-state index in [1.807, 2.05) is 0 Å². The number of H-pyrrole nitrogens is 1. The molecule has 9 nitrogen and oxygen atoms in total. The van der Waals surface area contributed by atoms with E-state index in [1.165, 1.54) is 18.2 Å². The average Bonchev–Trinajstić information content (AvgIpc) is 2.92. The van der Waals surface area contributed by atoms with E-state index in [0.29, 0.717) is 5.56 Å². The van der Waals surface area contributed by atoms with Crippen LogP contribution in [-0.4, -0.2) is 37.6 Å². The summed E-state index contributed by atoms with van der Waals surface area (Å²) in [6.07, 6.45) is -0.370. The van der Waals surface area contributed by atoms with Crippen LogP contribution < -0.4 is 5.32 Å². The molecule has 1 aromatic carbocycles. The van der Waals surface area contributed by atoms with Crippen molar-refractivity contribution in [3.63, 3.8) is 0 Å². The molecule has 0 aliphatic heterocycles. The molecule has 2 rings (SSSR count). The molecule has 0 aliphatic carbocycles. The average molecular weight is 272 g/mol. The molecule has 0 spiro atoms. The van der Waals surface area contributed by atoms with Gasteiger partial charge in [-0.1, -0.05) is 6.07 Å². The van der Waals surface area contributed by atoms with Crippen LogP contribution in [0, 0.1) is 11.3 Å². The highest BCUT2D eigenvalue weighted by Crippen LogP contribution is 2.23. The summed E-state index contributed by atoms with van der Waals surface area (Å²) in [7, 11) is 0. The van der Waals surface area contributed by atoms with Crippen molar-refractivity contribution in [1.29, 1.82) is 5.26 Å². The summed E-state index contributed by atoms with van der Waals surface area (Å²) >= 11 is 0. The molecule has 0 unspecified atom stereocenters. The number of hydrogen-bond acceptors (Lipinski definition) is 6. The van der Waals surface area contributed by atoms with Crippen LogP contribution in [0.4, 0.5) is 5.69 Å². The lowest BCUT2D eigenvalue weighted by atomic mass is 10.1. The number of anilines is 1. The number of aromatic amines is 1. The molecular weight excluding hydrogens is 264 g/mol. The quantitative estimate of drug-likeness (QED) is 0.731. The lowest BCUT2D eigenvalue weighted by Gasteiger charge is -2.08. The van der Waals surface area contributed by atoms with Crippen molar-refractivity contribution in [2.45, 2.75) is 6.42 Å². The van der Waals surface area contributed by atoms with Gasteiger partial charge in [-0.25, -0.2) is 4.79 Å². The first kappa shape index (κ1) is 13.2. The highest BCUT2D eigenvalue weighted by atomic mass is 16.4. The minimum absolute atomic E-state index is 0.0695. The third kappa shape index (κ3) is 2.75. The van der Waals surface area contributed by atoms with Crippen molar-refractivity contribution in [3.8, 4) is 17.5 Å². The first-order chi connectivity index (χ1) is 9.61. The second-order valence-electron chi connectivity index (χ2n) is 3.68. The van der Waals surface area contributed by atoms with Gasteiger partial charge in [-0.2, -0.15) is 10.5 Å². The minimum atomic E-state index is -1.20. The second kappa shape index (κ2) is 5.57. The fourth-order valence-electron chi connectivity index (χ4n) is 1.52. The first-order valence-electron chi connectivity index (χ1n) is 5.40. The van der Waals surface area contributed by atoms with Gasteiger partial charge in [-0.15, -0.1) is 10.2 Å². The Hall–Kier alpha value is -3.28. The molecule has 0 fully saturated rings. The van der Waals surface area contributed by atoms with Crippen LogP contribution in [0.2, 0.25) is 0 Å². The second-order valence-corrected chi connectivity index (χ2v) is 3.68. The zero-order valence-electron chi connectivity index (χ0n) is 9.99. The Bertz CT molecular complexity index is 689. The lowest BCUT2D eigenvalue weighted by Crippen LogP contribution is -2.13. The summed E-state index contributed by atoms with van der Waals surface area (Å²) in [5.74, 6) is -1.53. The first-order valence-corrected chi connectivity index (χ1v) is 5.40. The van der Waals surface area contributed by atoms with Crippen molar-refractivity contribution in [1.82, 2.24) is 20.6 Å². The number of carboxylic acid groups (broad SMARTS) is 1. The molecule has 1 amide bonds. The number of carboxylic acids is 1. The van der Waals surface area contributed by atoms with Crippen molar-refractivity contribution < 1.29 is 14.7 Å². The normalized spacial score (nSPS) is 9.75. The van der Waals surface area contributed by atoms with Gasteiger partial charge in [0.05, 0.1) is 17.3 Å². The summed E-state index contributed by atoms with van der Waals surface area (Å²) in [4.78, 5) is 22.5. The van der Waals surface area contributed by atoms with Gasteiger partial charge >= 0.3 is 5.97 Å². The van der Waals surface area contributed by atoms with E-state index in [2.05, 4.69) is 25.9 Å². The number of benzene rings is 1. The van der Waals surface area contributed by atoms with E-state index in [-0.39, 0.29) is 23.5 Å². The molecule has 9 heteroatoms. The predicted molar refractivity (Wildman–Crippen MR) is 65.4 cm³/mol.